The zero-order valence-electron chi connectivity index (χ0n) is 15.6. The minimum atomic E-state index is -0.225. The first kappa shape index (κ1) is 16.9. The van der Waals surface area contributed by atoms with E-state index in [1.165, 1.54) is 11.0 Å². The number of hydrogen-bond acceptors (Lipinski definition) is 4. The van der Waals surface area contributed by atoms with Crippen LogP contribution in [-0.2, 0) is 0 Å². The van der Waals surface area contributed by atoms with E-state index in [1.54, 1.807) is 30.6 Å². The van der Waals surface area contributed by atoms with Gasteiger partial charge in [-0.05, 0) is 37.0 Å². The van der Waals surface area contributed by atoms with E-state index in [1.807, 2.05) is 16.8 Å². The lowest BCUT2D eigenvalue weighted by Gasteiger charge is -2.30. The Morgan fingerprint density at radius 3 is 2.50 bits per heavy atom. The Morgan fingerprint density at radius 1 is 1.00 bits per heavy atom. The fourth-order valence-corrected chi connectivity index (χ4v) is 4.38. The number of H-pyrrole nitrogens is 1. The van der Waals surface area contributed by atoms with Crippen molar-refractivity contribution in [3.8, 4) is 5.82 Å². The second-order valence-corrected chi connectivity index (χ2v) is 7.64. The molecule has 7 nitrogen and oxygen atoms in total. The van der Waals surface area contributed by atoms with Gasteiger partial charge in [-0.2, -0.15) is 5.10 Å². The Morgan fingerprint density at radius 2 is 1.75 bits per heavy atom. The molecule has 142 valence electrons. The first-order valence-corrected chi connectivity index (χ1v) is 9.70. The Hall–Kier alpha value is -3.22. The molecule has 0 radical (unpaired) electrons. The lowest BCUT2D eigenvalue weighted by atomic mass is 9.85. The van der Waals surface area contributed by atoms with Crippen molar-refractivity contribution in [3.63, 3.8) is 0 Å². The van der Waals surface area contributed by atoms with E-state index in [4.69, 9.17) is 0 Å². The van der Waals surface area contributed by atoms with Gasteiger partial charge >= 0.3 is 0 Å². The predicted octanol–water partition coefficient (Wildman–Crippen LogP) is 3.17. The number of aromatic nitrogens is 5. The molecule has 0 saturated heterocycles. The summed E-state index contributed by atoms with van der Waals surface area (Å²) in [7, 11) is 0. The van der Waals surface area contributed by atoms with Crippen LogP contribution >= 0.6 is 0 Å². The van der Waals surface area contributed by atoms with Crippen molar-refractivity contribution in [2.75, 3.05) is 0 Å². The molecule has 5 rings (SSSR count). The van der Waals surface area contributed by atoms with E-state index in [0.29, 0.717) is 33.5 Å². The molecule has 0 aliphatic heterocycles. The molecule has 4 heterocycles. The molecule has 0 bridgehead atoms. The molecule has 1 aliphatic rings. The van der Waals surface area contributed by atoms with E-state index >= 15 is 0 Å². The standard InChI is InChI=1S/C21H21N5O2/c1-13-4-2-3-5-18(13)25-10-7-16-14(20(25)27)12-15-17(23-16)8-11-26(21(15)28)19-6-9-22-24-19/h6-13,18H,2-5H2,1H3,(H,22,24). The van der Waals surface area contributed by atoms with Crippen LogP contribution in [0, 0.1) is 5.92 Å². The average molecular weight is 375 g/mol. The molecule has 2 unspecified atom stereocenters. The molecule has 0 amide bonds. The Kier molecular flexibility index (Phi) is 3.89. The van der Waals surface area contributed by atoms with Gasteiger partial charge < -0.3 is 4.57 Å². The van der Waals surface area contributed by atoms with Crippen molar-refractivity contribution in [1.29, 1.82) is 0 Å². The van der Waals surface area contributed by atoms with Gasteiger partial charge in [0.2, 0.25) is 0 Å². The third-order valence-electron chi connectivity index (χ3n) is 5.94. The summed E-state index contributed by atoms with van der Waals surface area (Å²) in [5.74, 6) is 1.04. The van der Waals surface area contributed by atoms with Crippen molar-refractivity contribution in [1.82, 2.24) is 24.3 Å². The molecule has 1 fully saturated rings. The maximum absolute atomic E-state index is 13.2. The molecule has 2 atom stereocenters. The highest BCUT2D eigenvalue weighted by Crippen LogP contribution is 2.32. The highest BCUT2D eigenvalue weighted by Gasteiger charge is 2.24. The van der Waals surface area contributed by atoms with Gasteiger partial charge in [-0.1, -0.05) is 19.8 Å². The molecule has 0 aromatic carbocycles. The fourth-order valence-electron chi connectivity index (χ4n) is 4.38. The van der Waals surface area contributed by atoms with Crippen molar-refractivity contribution in [3.05, 3.63) is 63.6 Å². The summed E-state index contributed by atoms with van der Waals surface area (Å²) in [6.45, 7) is 2.21. The maximum atomic E-state index is 13.2. The third kappa shape index (κ3) is 2.58. The van der Waals surface area contributed by atoms with Crippen LogP contribution in [0.5, 0.6) is 0 Å². The fraction of sp³-hybridized carbons (Fsp3) is 0.333. The predicted molar refractivity (Wildman–Crippen MR) is 108 cm³/mol. The molecule has 0 spiro atoms. The summed E-state index contributed by atoms with van der Waals surface area (Å²) in [4.78, 5) is 30.8. The topological polar surface area (TPSA) is 85.6 Å². The molecular weight excluding hydrogens is 354 g/mol. The number of fused-ring (bicyclic) bond motifs is 2. The summed E-state index contributed by atoms with van der Waals surface area (Å²) < 4.78 is 3.32. The van der Waals surface area contributed by atoms with E-state index < -0.39 is 0 Å². The second-order valence-electron chi connectivity index (χ2n) is 7.64. The highest BCUT2D eigenvalue weighted by atomic mass is 16.1. The average Bonchev–Trinajstić information content (AvgIpc) is 3.23. The summed E-state index contributed by atoms with van der Waals surface area (Å²) in [5.41, 5.74) is 0.909. The number of hydrogen-bond donors (Lipinski definition) is 1. The number of pyridine rings is 3. The summed E-state index contributed by atoms with van der Waals surface area (Å²) >= 11 is 0. The van der Waals surface area contributed by atoms with Crippen molar-refractivity contribution >= 4 is 21.8 Å². The van der Waals surface area contributed by atoms with Gasteiger partial charge in [0, 0.05) is 24.5 Å². The zero-order chi connectivity index (χ0) is 19.3. The molecule has 4 aromatic heterocycles. The van der Waals surface area contributed by atoms with Crippen molar-refractivity contribution in [2.24, 2.45) is 5.92 Å². The monoisotopic (exact) mass is 375 g/mol. The second kappa shape index (κ2) is 6.44. The van der Waals surface area contributed by atoms with Crippen LogP contribution in [0.2, 0.25) is 0 Å². The van der Waals surface area contributed by atoms with Gasteiger partial charge in [0.15, 0.2) is 0 Å². The largest absolute Gasteiger partial charge is 0.312 e. The van der Waals surface area contributed by atoms with Crippen LogP contribution in [0.25, 0.3) is 27.6 Å². The van der Waals surface area contributed by atoms with Gasteiger partial charge in [0.25, 0.3) is 11.1 Å². The van der Waals surface area contributed by atoms with Crippen LogP contribution < -0.4 is 11.1 Å². The van der Waals surface area contributed by atoms with Gasteiger partial charge in [-0.25, -0.2) is 4.98 Å². The van der Waals surface area contributed by atoms with E-state index in [2.05, 4.69) is 22.1 Å². The molecule has 7 heteroatoms. The third-order valence-corrected chi connectivity index (χ3v) is 5.94. The van der Waals surface area contributed by atoms with E-state index in [-0.39, 0.29) is 17.2 Å². The number of rotatable bonds is 2. The van der Waals surface area contributed by atoms with Gasteiger partial charge in [0.1, 0.15) is 5.82 Å². The minimum absolute atomic E-state index is 0.0676. The molecule has 1 saturated carbocycles. The molecule has 1 aliphatic carbocycles. The van der Waals surface area contributed by atoms with Gasteiger partial charge in [-0.15, -0.1) is 0 Å². The van der Waals surface area contributed by atoms with E-state index in [0.717, 1.165) is 19.3 Å². The lowest BCUT2D eigenvalue weighted by molar-refractivity contribution is 0.253. The zero-order valence-corrected chi connectivity index (χ0v) is 15.6. The van der Waals surface area contributed by atoms with Crippen LogP contribution in [-0.4, -0.2) is 24.3 Å². The van der Waals surface area contributed by atoms with Crippen LogP contribution in [0.3, 0.4) is 0 Å². The number of nitrogens with zero attached hydrogens (tertiary/aromatic N) is 4. The SMILES string of the molecule is CC1CCCCC1n1ccc2nc3ccn(-c4ccn[nH]4)c(=O)c3cc2c1=O. The van der Waals surface area contributed by atoms with Crippen molar-refractivity contribution < 1.29 is 0 Å². The maximum Gasteiger partial charge on any atom is 0.265 e. The molecular formula is C21H21N5O2. The molecule has 4 aromatic rings. The summed E-state index contributed by atoms with van der Waals surface area (Å²) in [6.07, 6.45) is 9.64. The molecule has 1 N–H and O–H groups in total. The van der Waals surface area contributed by atoms with Crippen LogP contribution in [0.1, 0.15) is 38.6 Å². The summed E-state index contributed by atoms with van der Waals surface area (Å²) in [6, 6.07) is 7.29. The Bertz CT molecular complexity index is 1290. The Labute approximate surface area is 160 Å². The van der Waals surface area contributed by atoms with Gasteiger partial charge in [-0.3, -0.25) is 19.3 Å². The molecule has 28 heavy (non-hydrogen) atoms. The van der Waals surface area contributed by atoms with Gasteiger partial charge in [0.05, 0.1) is 28.0 Å². The smallest absolute Gasteiger partial charge is 0.265 e. The normalized spacial score (nSPS) is 20.0. The number of aromatic amines is 1. The lowest BCUT2D eigenvalue weighted by Crippen LogP contribution is -2.30. The number of nitrogens with one attached hydrogen (secondary N) is 1. The van der Waals surface area contributed by atoms with E-state index in [9.17, 15) is 9.59 Å². The van der Waals surface area contributed by atoms with Crippen LogP contribution in [0.15, 0.2) is 52.4 Å². The first-order valence-electron chi connectivity index (χ1n) is 9.70. The minimum Gasteiger partial charge on any atom is -0.312 e. The quantitative estimate of drug-likeness (QED) is 0.545. The highest BCUT2D eigenvalue weighted by molar-refractivity contribution is 5.91. The Balaban J connectivity index is 1.73. The van der Waals surface area contributed by atoms with Crippen molar-refractivity contribution in [2.45, 2.75) is 38.6 Å². The summed E-state index contributed by atoms with van der Waals surface area (Å²) in [5, 5.41) is 7.61. The van der Waals surface area contributed by atoms with Crippen LogP contribution in [0.4, 0.5) is 0 Å². The first-order chi connectivity index (χ1) is 13.6.